The molecule has 5 nitrogen and oxygen atoms in total. The first-order valence-electron chi connectivity index (χ1n) is 6.31. The largest absolute Gasteiger partial charge is 0.447 e. The van der Waals surface area contributed by atoms with Crippen LogP contribution in [0.2, 0.25) is 0 Å². The van der Waals surface area contributed by atoms with Crippen molar-refractivity contribution < 1.29 is 12.8 Å². The molecule has 1 atom stereocenters. The lowest BCUT2D eigenvalue weighted by molar-refractivity contribution is 0.398. The molecule has 1 aromatic heterocycles. The molecule has 0 spiro atoms. The Bertz CT molecular complexity index is 454. The number of furan rings is 1. The Labute approximate surface area is 109 Å². The molecule has 0 aromatic carbocycles. The molecule has 0 bridgehead atoms. The van der Waals surface area contributed by atoms with Gasteiger partial charge in [0.05, 0.1) is 6.54 Å². The molecule has 0 amide bonds. The first-order valence-corrected chi connectivity index (χ1v) is 7.79. The molecule has 0 fully saturated rings. The topological polar surface area (TPSA) is 71.3 Å². The van der Waals surface area contributed by atoms with Gasteiger partial charge in [0.1, 0.15) is 5.76 Å². The maximum Gasteiger partial charge on any atom is 0.274 e. The molecule has 0 saturated carbocycles. The van der Waals surface area contributed by atoms with E-state index >= 15 is 0 Å². The van der Waals surface area contributed by atoms with E-state index in [9.17, 15) is 8.42 Å². The molecule has 104 valence electrons. The highest BCUT2D eigenvalue weighted by atomic mass is 32.2. The molecular formula is C12H22N2O3S. The predicted octanol–water partition coefficient (Wildman–Crippen LogP) is 1.86. The van der Waals surface area contributed by atoms with Gasteiger partial charge in [-0.1, -0.05) is 13.8 Å². The van der Waals surface area contributed by atoms with E-state index in [-0.39, 0.29) is 11.1 Å². The van der Waals surface area contributed by atoms with E-state index in [1.54, 1.807) is 6.07 Å². The summed E-state index contributed by atoms with van der Waals surface area (Å²) < 4.78 is 31.7. The van der Waals surface area contributed by atoms with Gasteiger partial charge in [-0.2, -0.15) is 0 Å². The van der Waals surface area contributed by atoms with E-state index in [0.717, 1.165) is 19.4 Å². The van der Waals surface area contributed by atoms with Crippen LogP contribution in [0, 0.1) is 0 Å². The fraction of sp³-hybridized carbons (Fsp3) is 0.667. The van der Waals surface area contributed by atoms with Gasteiger partial charge in [-0.3, -0.25) is 0 Å². The van der Waals surface area contributed by atoms with Gasteiger partial charge in [0.15, 0.2) is 0 Å². The SMILES string of the molecule is CCCNCc1ccc(S(=O)(=O)NC(C)CC)o1. The van der Waals surface area contributed by atoms with Gasteiger partial charge < -0.3 is 9.73 Å². The number of sulfonamides is 1. The summed E-state index contributed by atoms with van der Waals surface area (Å²) in [5.74, 6) is 0.632. The number of nitrogens with one attached hydrogen (secondary N) is 2. The summed E-state index contributed by atoms with van der Waals surface area (Å²) >= 11 is 0. The molecule has 0 radical (unpaired) electrons. The molecule has 0 saturated heterocycles. The van der Waals surface area contributed by atoms with Crippen molar-refractivity contribution in [1.29, 1.82) is 0 Å². The molecule has 1 unspecified atom stereocenters. The third-order valence-electron chi connectivity index (χ3n) is 2.60. The van der Waals surface area contributed by atoms with Crippen molar-refractivity contribution in [3.8, 4) is 0 Å². The molecule has 1 heterocycles. The number of hydrogen-bond acceptors (Lipinski definition) is 4. The van der Waals surface area contributed by atoms with Crippen LogP contribution in [0.15, 0.2) is 21.6 Å². The van der Waals surface area contributed by atoms with E-state index in [1.807, 2.05) is 13.8 Å². The Kier molecular flexibility index (Phi) is 5.84. The second-order valence-corrected chi connectivity index (χ2v) is 5.97. The van der Waals surface area contributed by atoms with Crippen LogP contribution < -0.4 is 10.0 Å². The Morgan fingerprint density at radius 1 is 1.33 bits per heavy atom. The molecule has 0 aliphatic rings. The van der Waals surface area contributed by atoms with Crippen molar-refractivity contribution in [2.24, 2.45) is 0 Å². The van der Waals surface area contributed by atoms with Crippen LogP contribution in [0.25, 0.3) is 0 Å². The summed E-state index contributed by atoms with van der Waals surface area (Å²) in [6, 6.07) is 3.09. The first kappa shape index (κ1) is 15.2. The van der Waals surface area contributed by atoms with Crippen molar-refractivity contribution in [1.82, 2.24) is 10.0 Å². The Hall–Kier alpha value is -0.850. The van der Waals surface area contributed by atoms with Crippen LogP contribution in [0.3, 0.4) is 0 Å². The van der Waals surface area contributed by atoms with E-state index in [0.29, 0.717) is 12.3 Å². The van der Waals surface area contributed by atoms with E-state index < -0.39 is 10.0 Å². The second kappa shape index (κ2) is 6.92. The minimum absolute atomic E-state index is 0.0175. The molecule has 1 aromatic rings. The van der Waals surface area contributed by atoms with Crippen LogP contribution in [0.4, 0.5) is 0 Å². The van der Waals surface area contributed by atoms with Gasteiger partial charge in [0, 0.05) is 6.04 Å². The fourth-order valence-electron chi connectivity index (χ4n) is 1.39. The van der Waals surface area contributed by atoms with Crippen LogP contribution in [-0.4, -0.2) is 21.0 Å². The quantitative estimate of drug-likeness (QED) is 0.710. The molecule has 18 heavy (non-hydrogen) atoms. The lowest BCUT2D eigenvalue weighted by Crippen LogP contribution is -2.31. The average Bonchev–Trinajstić information content (AvgIpc) is 2.78. The fourth-order valence-corrected chi connectivity index (χ4v) is 2.67. The zero-order valence-corrected chi connectivity index (χ0v) is 12.0. The van der Waals surface area contributed by atoms with Crippen molar-refractivity contribution in [3.05, 3.63) is 17.9 Å². The van der Waals surface area contributed by atoms with Crippen molar-refractivity contribution >= 4 is 10.0 Å². The normalized spacial score (nSPS) is 13.7. The van der Waals surface area contributed by atoms with E-state index in [2.05, 4.69) is 17.0 Å². The zero-order valence-electron chi connectivity index (χ0n) is 11.2. The minimum atomic E-state index is -3.53. The summed E-state index contributed by atoms with van der Waals surface area (Å²) in [5, 5.41) is 3.14. The predicted molar refractivity (Wildman–Crippen MR) is 70.8 cm³/mol. The lowest BCUT2D eigenvalue weighted by atomic mass is 10.3. The molecule has 1 rings (SSSR count). The van der Waals surface area contributed by atoms with Crippen LogP contribution in [0.5, 0.6) is 0 Å². The highest BCUT2D eigenvalue weighted by molar-refractivity contribution is 7.89. The van der Waals surface area contributed by atoms with Gasteiger partial charge in [-0.15, -0.1) is 0 Å². The van der Waals surface area contributed by atoms with E-state index in [1.165, 1.54) is 6.07 Å². The summed E-state index contributed by atoms with van der Waals surface area (Å²) in [6.45, 7) is 7.25. The highest BCUT2D eigenvalue weighted by Crippen LogP contribution is 2.14. The average molecular weight is 274 g/mol. The summed E-state index contributed by atoms with van der Waals surface area (Å²) in [7, 11) is -3.53. The first-order chi connectivity index (χ1) is 8.49. The van der Waals surface area contributed by atoms with E-state index in [4.69, 9.17) is 4.42 Å². The Morgan fingerprint density at radius 3 is 2.67 bits per heavy atom. The van der Waals surface area contributed by atoms with Gasteiger partial charge in [-0.05, 0) is 38.4 Å². The lowest BCUT2D eigenvalue weighted by Gasteiger charge is -2.09. The van der Waals surface area contributed by atoms with Crippen molar-refractivity contribution in [2.45, 2.75) is 51.3 Å². The highest BCUT2D eigenvalue weighted by Gasteiger charge is 2.20. The van der Waals surface area contributed by atoms with Crippen LogP contribution >= 0.6 is 0 Å². The smallest absolute Gasteiger partial charge is 0.274 e. The van der Waals surface area contributed by atoms with Gasteiger partial charge in [0.25, 0.3) is 10.0 Å². The molecule has 0 aliphatic carbocycles. The summed E-state index contributed by atoms with van der Waals surface area (Å²) in [5.41, 5.74) is 0. The molecule has 6 heteroatoms. The third-order valence-corrected chi connectivity index (χ3v) is 4.06. The van der Waals surface area contributed by atoms with Crippen molar-refractivity contribution in [3.63, 3.8) is 0 Å². The maximum absolute atomic E-state index is 11.9. The standard InChI is InChI=1S/C12H22N2O3S/c1-4-8-13-9-11-6-7-12(17-11)18(15,16)14-10(3)5-2/h6-7,10,13-14H,4-5,8-9H2,1-3H3. The second-order valence-electron chi connectivity index (χ2n) is 4.33. The monoisotopic (exact) mass is 274 g/mol. The Morgan fingerprint density at radius 2 is 2.06 bits per heavy atom. The molecular weight excluding hydrogens is 252 g/mol. The summed E-state index contributed by atoms with van der Waals surface area (Å²) in [6.07, 6.45) is 1.77. The van der Waals surface area contributed by atoms with Crippen molar-refractivity contribution in [2.75, 3.05) is 6.54 Å². The maximum atomic E-state index is 11.9. The number of hydrogen-bond donors (Lipinski definition) is 2. The molecule has 2 N–H and O–H groups in total. The van der Waals surface area contributed by atoms with Crippen LogP contribution in [0.1, 0.15) is 39.4 Å². The summed E-state index contributed by atoms with van der Waals surface area (Å²) in [4.78, 5) is 0. The van der Waals surface area contributed by atoms with Crippen LogP contribution in [-0.2, 0) is 16.6 Å². The zero-order chi connectivity index (χ0) is 13.6. The molecule has 0 aliphatic heterocycles. The van der Waals surface area contributed by atoms with Gasteiger partial charge in [0.2, 0.25) is 5.09 Å². The third kappa shape index (κ3) is 4.44. The Balaban J connectivity index is 2.66. The van der Waals surface area contributed by atoms with Gasteiger partial charge in [-0.25, -0.2) is 13.1 Å². The van der Waals surface area contributed by atoms with Gasteiger partial charge >= 0.3 is 0 Å². The number of rotatable bonds is 8. The minimum Gasteiger partial charge on any atom is -0.447 e.